The van der Waals surface area contributed by atoms with E-state index in [0.717, 1.165) is 5.56 Å². The molecule has 1 aromatic carbocycles. The summed E-state index contributed by atoms with van der Waals surface area (Å²) < 4.78 is 5.03. The molecule has 0 unspecified atom stereocenters. The van der Waals surface area contributed by atoms with Crippen LogP contribution in [-0.4, -0.2) is 29.0 Å². The summed E-state index contributed by atoms with van der Waals surface area (Å²) in [5.41, 5.74) is 2.97. The van der Waals surface area contributed by atoms with Gasteiger partial charge in [-0.25, -0.2) is 9.78 Å². The van der Waals surface area contributed by atoms with Crippen LogP contribution in [0.4, 0.5) is 0 Å². The average Bonchev–Trinajstić information content (AvgIpc) is 3.05. The zero-order chi connectivity index (χ0) is 18.7. The minimum atomic E-state index is -1.05. The van der Waals surface area contributed by atoms with Crippen LogP contribution in [0.2, 0.25) is 0 Å². The maximum atomic E-state index is 12.6. The minimum Gasteiger partial charge on any atom is -0.481 e. The molecule has 0 spiro atoms. The number of hydrogen-bond donors (Lipinski definition) is 1. The molecule has 5 nitrogen and oxygen atoms in total. The van der Waals surface area contributed by atoms with Crippen molar-refractivity contribution >= 4 is 23.1 Å². The van der Waals surface area contributed by atoms with Gasteiger partial charge in [-0.1, -0.05) is 23.8 Å². The zero-order valence-electron chi connectivity index (χ0n) is 14.4. The number of aromatic carboxylic acids is 1. The summed E-state index contributed by atoms with van der Waals surface area (Å²) in [6.07, 6.45) is 1.62. The topological polar surface area (TPSA) is 76.5 Å². The lowest BCUT2D eigenvalue weighted by molar-refractivity contribution is 0.0697. The number of aromatic nitrogens is 1. The van der Waals surface area contributed by atoms with E-state index in [0.29, 0.717) is 27.4 Å². The molecular formula is C20H17NO4S. The number of carbonyl (C=O) groups excluding carboxylic acids is 1. The Morgan fingerprint density at radius 2 is 2.04 bits per heavy atom. The van der Waals surface area contributed by atoms with Gasteiger partial charge in [0.2, 0.25) is 5.88 Å². The highest BCUT2D eigenvalue weighted by Gasteiger charge is 2.22. The van der Waals surface area contributed by atoms with Crippen LogP contribution < -0.4 is 4.74 Å². The SMILES string of the molecule is COc1ccc(-c2csc(CC(=O)c3cccc(C)c3)c2C(=O)O)cn1. The van der Waals surface area contributed by atoms with Crippen LogP contribution >= 0.6 is 11.3 Å². The van der Waals surface area contributed by atoms with E-state index in [9.17, 15) is 14.7 Å². The molecule has 0 saturated heterocycles. The summed E-state index contributed by atoms with van der Waals surface area (Å²) in [4.78, 5) is 29.0. The van der Waals surface area contributed by atoms with Crippen LogP contribution in [0, 0.1) is 6.92 Å². The molecule has 26 heavy (non-hydrogen) atoms. The van der Waals surface area contributed by atoms with Gasteiger partial charge in [0.1, 0.15) is 0 Å². The maximum Gasteiger partial charge on any atom is 0.337 e. The number of methoxy groups -OCH3 is 1. The molecule has 0 aliphatic rings. The number of aryl methyl sites for hydroxylation is 1. The van der Waals surface area contributed by atoms with Gasteiger partial charge in [-0.15, -0.1) is 11.3 Å². The lowest BCUT2D eigenvalue weighted by atomic mass is 10.00. The van der Waals surface area contributed by atoms with Crippen molar-refractivity contribution < 1.29 is 19.4 Å². The Kier molecular flexibility index (Phi) is 5.14. The molecule has 3 rings (SSSR count). The Bertz CT molecular complexity index is 960. The number of benzene rings is 1. The average molecular weight is 367 g/mol. The van der Waals surface area contributed by atoms with Gasteiger partial charge in [0.05, 0.1) is 12.7 Å². The van der Waals surface area contributed by atoms with Crippen molar-refractivity contribution in [1.29, 1.82) is 0 Å². The van der Waals surface area contributed by atoms with Crippen LogP contribution in [0.15, 0.2) is 48.0 Å². The van der Waals surface area contributed by atoms with E-state index in [-0.39, 0.29) is 17.8 Å². The van der Waals surface area contributed by atoms with Crippen LogP contribution in [-0.2, 0) is 6.42 Å². The van der Waals surface area contributed by atoms with Crippen LogP contribution in [0.25, 0.3) is 11.1 Å². The fourth-order valence-electron chi connectivity index (χ4n) is 2.70. The molecule has 2 heterocycles. The second-order valence-electron chi connectivity index (χ2n) is 5.81. The van der Waals surface area contributed by atoms with E-state index in [2.05, 4.69) is 4.98 Å². The molecule has 0 saturated carbocycles. The Morgan fingerprint density at radius 1 is 1.23 bits per heavy atom. The molecule has 6 heteroatoms. The fraction of sp³-hybridized carbons (Fsp3) is 0.150. The van der Waals surface area contributed by atoms with Gasteiger partial charge in [-0.05, 0) is 24.4 Å². The number of thiophene rings is 1. The van der Waals surface area contributed by atoms with Crippen molar-refractivity contribution in [3.63, 3.8) is 0 Å². The van der Waals surface area contributed by atoms with Gasteiger partial charge in [0, 0.05) is 40.3 Å². The number of nitrogens with zero attached hydrogens (tertiary/aromatic N) is 1. The zero-order valence-corrected chi connectivity index (χ0v) is 15.2. The summed E-state index contributed by atoms with van der Waals surface area (Å²) in [7, 11) is 1.52. The number of hydrogen-bond acceptors (Lipinski definition) is 5. The first kappa shape index (κ1) is 17.8. The largest absolute Gasteiger partial charge is 0.481 e. The minimum absolute atomic E-state index is 0.0549. The molecule has 0 fully saturated rings. The molecule has 0 atom stereocenters. The number of Topliss-reactive ketones (excluding diaryl/α,β-unsaturated/α-hetero) is 1. The van der Waals surface area contributed by atoms with E-state index in [1.807, 2.05) is 25.1 Å². The van der Waals surface area contributed by atoms with Crippen molar-refractivity contribution in [1.82, 2.24) is 4.98 Å². The van der Waals surface area contributed by atoms with Gasteiger partial charge in [0.15, 0.2) is 5.78 Å². The monoisotopic (exact) mass is 367 g/mol. The molecule has 132 valence electrons. The molecule has 2 aromatic heterocycles. The third-order valence-corrected chi connectivity index (χ3v) is 4.99. The Hall–Kier alpha value is -2.99. The Morgan fingerprint density at radius 3 is 2.65 bits per heavy atom. The summed E-state index contributed by atoms with van der Waals surface area (Å²) in [6.45, 7) is 1.92. The molecule has 0 aliphatic heterocycles. The van der Waals surface area contributed by atoms with Crippen molar-refractivity contribution in [2.24, 2.45) is 0 Å². The first-order valence-corrected chi connectivity index (χ1v) is 8.81. The highest BCUT2D eigenvalue weighted by atomic mass is 32.1. The smallest absolute Gasteiger partial charge is 0.337 e. The number of carboxylic acid groups (broad SMARTS) is 1. The van der Waals surface area contributed by atoms with Crippen LogP contribution in [0.5, 0.6) is 5.88 Å². The molecule has 0 bridgehead atoms. The molecule has 3 aromatic rings. The standard InChI is InChI=1S/C20H17NO4S/c1-12-4-3-5-13(8-12)16(22)9-17-19(20(23)24)15(11-26-17)14-6-7-18(25-2)21-10-14/h3-8,10-11H,9H2,1-2H3,(H,23,24). The highest BCUT2D eigenvalue weighted by Crippen LogP contribution is 2.33. The van der Waals surface area contributed by atoms with E-state index >= 15 is 0 Å². The van der Waals surface area contributed by atoms with Gasteiger partial charge < -0.3 is 9.84 Å². The Labute approximate surface area is 154 Å². The first-order chi connectivity index (χ1) is 12.5. The predicted octanol–water partition coefficient (Wildman–Crippen LogP) is 4.25. The summed E-state index contributed by atoms with van der Waals surface area (Å²) in [5.74, 6) is -0.697. The second kappa shape index (κ2) is 7.49. The molecule has 1 N–H and O–H groups in total. The quantitative estimate of drug-likeness (QED) is 0.659. The van der Waals surface area contributed by atoms with E-state index in [4.69, 9.17) is 4.74 Å². The van der Waals surface area contributed by atoms with Crippen molar-refractivity contribution in [3.8, 4) is 17.0 Å². The molecule has 0 amide bonds. The van der Waals surface area contributed by atoms with Gasteiger partial charge in [-0.2, -0.15) is 0 Å². The molecule has 0 radical (unpaired) electrons. The van der Waals surface area contributed by atoms with Gasteiger partial charge in [-0.3, -0.25) is 4.79 Å². The number of ether oxygens (including phenoxy) is 1. The lowest BCUT2D eigenvalue weighted by Gasteiger charge is -2.05. The predicted molar refractivity (Wildman–Crippen MR) is 100 cm³/mol. The van der Waals surface area contributed by atoms with Crippen molar-refractivity contribution in [3.05, 3.63) is 69.5 Å². The normalized spacial score (nSPS) is 10.5. The highest BCUT2D eigenvalue weighted by molar-refractivity contribution is 7.11. The summed E-state index contributed by atoms with van der Waals surface area (Å²) in [5, 5.41) is 11.4. The summed E-state index contributed by atoms with van der Waals surface area (Å²) in [6, 6.07) is 10.7. The number of carboxylic acids is 1. The number of pyridine rings is 1. The summed E-state index contributed by atoms with van der Waals surface area (Å²) >= 11 is 1.28. The van der Waals surface area contributed by atoms with Crippen molar-refractivity contribution in [2.75, 3.05) is 7.11 Å². The van der Waals surface area contributed by atoms with Crippen LogP contribution in [0.1, 0.15) is 31.2 Å². The van der Waals surface area contributed by atoms with E-state index < -0.39 is 5.97 Å². The maximum absolute atomic E-state index is 12.6. The number of ketones is 1. The molecular weight excluding hydrogens is 350 g/mol. The fourth-order valence-corrected chi connectivity index (χ4v) is 3.75. The van der Waals surface area contributed by atoms with Crippen molar-refractivity contribution in [2.45, 2.75) is 13.3 Å². The van der Waals surface area contributed by atoms with Gasteiger partial charge >= 0.3 is 5.97 Å². The number of rotatable bonds is 6. The first-order valence-electron chi connectivity index (χ1n) is 7.93. The lowest BCUT2D eigenvalue weighted by Crippen LogP contribution is -2.07. The number of carbonyl (C=O) groups is 2. The van der Waals surface area contributed by atoms with E-state index in [1.54, 1.807) is 29.8 Å². The van der Waals surface area contributed by atoms with Crippen LogP contribution in [0.3, 0.4) is 0 Å². The van der Waals surface area contributed by atoms with E-state index in [1.165, 1.54) is 18.4 Å². The molecule has 0 aliphatic carbocycles. The Balaban J connectivity index is 1.94. The third-order valence-electron chi connectivity index (χ3n) is 4.00. The van der Waals surface area contributed by atoms with Gasteiger partial charge in [0.25, 0.3) is 0 Å². The second-order valence-corrected chi connectivity index (χ2v) is 6.78. The third kappa shape index (κ3) is 3.65.